The minimum atomic E-state index is -4.61. The second kappa shape index (κ2) is 4.70. The standard InChI is InChI=1S/CHF3.H4O4Si/c2-1(3)4;1-5(2,3)4/h1H;1-4H. The van der Waals surface area contributed by atoms with Crippen LogP contribution in [0.1, 0.15) is 0 Å². The predicted octanol–water partition coefficient (Wildman–Crippen LogP) is -1.43. The molecule has 8 heteroatoms. The van der Waals surface area contributed by atoms with Crippen LogP contribution in [0.2, 0.25) is 0 Å². The molecule has 0 heterocycles. The minimum Gasteiger partial charge on any atom is -0.368 e. The Morgan fingerprint density at radius 3 is 0.889 bits per heavy atom. The maximum absolute atomic E-state index is 9.67. The molecule has 0 unspecified atom stereocenters. The number of rotatable bonds is 0. The Balaban J connectivity index is 0. The maximum atomic E-state index is 9.67. The van der Waals surface area contributed by atoms with Crippen LogP contribution in [0, 0.1) is 0 Å². The Morgan fingerprint density at radius 1 is 0.889 bits per heavy atom. The van der Waals surface area contributed by atoms with Crippen molar-refractivity contribution in [3.8, 4) is 0 Å². The first-order valence-corrected chi connectivity index (χ1v) is 3.34. The van der Waals surface area contributed by atoms with Crippen LogP contribution < -0.4 is 0 Å². The van der Waals surface area contributed by atoms with Gasteiger partial charge in [0.05, 0.1) is 0 Å². The van der Waals surface area contributed by atoms with E-state index in [1.54, 1.807) is 0 Å². The molecular weight excluding hydrogens is 161 g/mol. The summed E-state index contributed by atoms with van der Waals surface area (Å²) in [5.74, 6) is 0. The summed E-state index contributed by atoms with van der Waals surface area (Å²) in [6, 6.07) is 0. The fourth-order valence-corrected chi connectivity index (χ4v) is 0. The van der Waals surface area contributed by atoms with Crippen molar-refractivity contribution in [2.45, 2.75) is 6.68 Å². The van der Waals surface area contributed by atoms with Gasteiger partial charge in [-0.2, -0.15) is 13.2 Å². The summed E-state index contributed by atoms with van der Waals surface area (Å²) in [5.41, 5.74) is 0. The third-order valence-corrected chi connectivity index (χ3v) is 0. The molecule has 0 aromatic rings. The van der Waals surface area contributed by atoms with Crippen molar-refractivity contribution < 1.29 is 32.4 Å². The summed E-state index contributed by atoms with van der Waals surface area (Å²) in [6.45, 7) is -3.67. The molecule has 0 spiro atoms. The van der Waals surface area contributed by atoms with Crippen molar-refractivity contribution in [2.75, 3.05) is 0 Å². The predicted molar refractivity (Wildman–Crippen MR) is 21.7 cm³/mol. The average molecular weight is 166 g/mol. The highest BCUT2D eigenvalue weighted by Gasteiger charge is 2.22. The van der Waals surface area contributed by atoms with Crippen LogP contribution in [-0.4, -0.2) is 34.9 Å². The average Bonchev–Trinajstić information content (AvgIpc) is 1.19. The summed E-state index contributed by atoms with van der Waals surface area (Å²) in [4.78, 5) is 29.3. The molecule has 0 atom stereocenters. The lowest BCUT2D eigenvalue weighted by Crippen LogP contribution is -2.33. The second-order valence-corrected chi connectivity index (χ2v) is 2.05. The van der Waals surface area contributed by atoms with E-state index in [-0.39, 0.29) is 0 Å². The van der Waals surface area contributed by atoms with Crippen molar-refractivity contribution in [1.29, 1.82) is 0 Å². The van der Waals surface area contributed by atoms with Crippen molar-refractivity contribution in [3.63, 3.8) is 0 Å². The van der Waals surface area contributed by atoms with Crippen LogP contribution in [0.25, 0.3) is 0 Å². The van der Waals surface area contributed by atoms with Gasteiger partial charge in [0.25, 0.3) is 0 Å². The number of halogens is 3. The van der Waals surface area contributed by atoms with E-state index in [0.717, 1.165) is 0 Å². The lowest BCUT2D eigenvalue weighted by atomic mass is 11.6. The molecule has 0 aromatic heterocycles. The molecule has 0 bridgehead atoms. The summed E-state index contributed by atoms with van der Waals surface area (Å²) in [5, 5.41) is 0. The molecule has 0 amide bonds. The highest BCUT2D eigenvalue weighted by Crippen LogP contribution is 1.87. The SMILES string of the molecule is FC(F)F.O[Si](O)(O)O. The first-order valence-electron chi connectivity index (χ1n) is 1.55. The molecular formula is CH5F3O4Si. The molecule has 0 radical (unpaired) electrons. The van der Waals surface area contributed by atoms with E-state index in [0.29, 0.717) is 0 Å². The first-order chi connectivity index (χ1) is 3.73. The third kappa shape index (κ3) is 11400. The van der Waals surface area contributed by atoms with E-state index in [4.69, 9.17) is 19.2 Å². The van der Waals surface area contributed by atoms with E-state index < -0.39 is 15.7 Å². The topological polar surface area (TPSA) is 80.9 Å². The maximum Gasteiger partial charge on any atom is 0.668 e. The van der Waals surface area contributed by atoms with E-state index in [1.807, 2.05) is 0 Å². The van der Waals surface area contributed by atoms with Gasteiger partial charge >= 0.3 is 15.7 Å². The molecule has 0 aromatic carbocycles. The molecule has 0 aliphatic carbocycles. The van der Waals surface area contributed by atoms with Crippen molar-refractivity contribution in [3.05, 3.63) is 0 Å². The Kier molecular flexibility index (Phi) is 6.07. The zero-order chi connectivity index (χ0) is 8.08. The van der Waals surface area contributed by atoms with Crippen LogP contribution in [0.15, 0.2) is 0 Å². The van der Waals surface area contributed by atoms with Gasteiger partial charge in [0, 0.05) is 0 Å². The van der Waals surface area contributed by atoms with Crippen molar-refractivity contribution in [1.82, 2.24) is 0 Å². The smallest absolute Gasteiger partial charge is 0.368 e. The molecule has 0 saturated carbocycles. The molecule has 4 N–H and O–H groups in total. The fourth-order valence-electron chi connectivity index (χ4n) is 0. The zero-order valence-electron chi connectivity index (χ0n) is 4.00. The van der Waals surface area contributed by atoms with Crippen LogP contribution in [0.3, 0.4) is 0 Å². The molecule has 0 saturated heterocycles. The molecule has 58 valence electrons. The molecule has 0 rings (SSSR count). The minimum absolute atomic E-state index is 3.67. The summed E-state index contributed by atoms with van der Waals surface area (Å²) in [7, 11) is -4.61. The lowest BCUT2D eigenvalue weighted by Gasteiger charge is -1.91. The Hall–Kier alpha value is -0.153. The Morgan fingerprint density at radius 2 is 0.889 bits per heavy atom. The van der Waals surface area contributed by atoms with Gasteiger partial charge in [-0.05, 0) is 0 Å². The van der Waals surface area contributed by atoms with Gasteiger partial charge in [0.1, 0.15) is 0 Å². The van der Waals surface area contributed by atoms with Crippen LogP contribution >= 0.6 is 0 Å². The molecule has 9 heavy (non-hydrogen) atoms. The molecule has 0 aliphatic heterocycles. The van der Waals surface area contributed by atoms with E-state index in [2.05, 4.69) is 0 Å². The van der Waals surface area contributed by atoms with Gasteiger partial charge in [-0.25, -0.2) is 0 Å². The van der Waals surface area contributed by atoms with Gasteiger partial charge in [-0.15, -0.1) is 0 Å². The summed E-state index contributed by atoms with van der Waals surface area (Å²) < 4.78 is 29.0. The van der Waals surface area contributed by atoms with Gasteiger partial charge in [0.15, 0.2) is 0 Å². The number of hydrogen-bond acceptors (Lipinski definition) is 4. The van der Waals surface area contributed by atoms with Gasteiger partial charge < -0.3 is 19.2 Å². The van der Waals surface area contributed by atoms with Gasteiger partial charge in [0.2, 0.25) is 0 Å². The highest BCUT2D eigenvalue weighted by atomic mass is 28.4. The molecule has 4 nitrogen and oxygen atoms in total. The molecule has 0 fully saturated rings. The lowest BCUT2D eigenvalue weighted by molar-refractivity contribution is 0.00818. The van der Waals surface area contributed by atoms with Gasteiger partial charge in [-0.3, -0.25) is 0 Å². The largest absolute Gasteiger partial charge is 0.668 e. The van der Waals surface area contributed by atoms with Crippen molar-refractivity contribution in [2.24, 2.45) is 0 Å². The van der Waals surface area contributed by atoms with E-state index >= 15 is 0 Å². The van der Waals surface area contributed by atoms with Crippen LogP contribution in [-0.2, 0) is 0 Å². The van der Waals surface area contributed by atoms with Gasteiger partial charge in [-0.1, -0.05) is 0 Å². The summed E-state index contributed by atoms with van der Waals surface area (Å²) >= 11 is 0. The van der Waals surface area contributed by atoms with Crippen molar-refractivity contribution >= 4 is 9.05 Å². The summed E-state index contributed by atoms with van der Waals surface area (Å²) in [6.07, 6.45) is 0. The highest BCUT2D eigenvalue weighted by molar-refractivity contribution is 6.46. The third-order valence-electron chi connectivity index (χ3n) is 0. The Labute approximate surface area is 49.3 Å². The zero-order valence-corrected chi connectivity index (χ0v) is 5.00. The van der Waals surface area contributed by atoms with E-state index in [9.17, 15) is 13.2 Å². The van der Waals surface area contributed by atoms with Crippen LogP contribution in [0.4, 0.5) is 13.2 Å². The first kappa shape index (κ1) is 11.6. The number of hydrogen-bond donors (Lipinski definition) is 4. The van der Waals surface area contributed by atoms with E-state index in [1.165, 1.54) is 0 Å². The quantitative estimate of drug-likeness (QED) is 0.332. The fraction of sp³-hybridized carbons (Fsp3) is 1.00. The second-order valence-electron chi connectivity index (χ2n) is 0.847. The number of alkyl halides is 3. The van der Waals surface area contributed by atoms with Crippen LogP contribution in [0.5, 0.6) is 0 Å². The Bertz CT molecular complexity index is 52.6. The monoisotopic (exact) mass is 166 g/mol. The normalized spacial score (nSPS) is 10.7. The molecule has 0 aliphatic rings.